The molecule has 1 heteroatoms. The van der Waals surface area contributed by atoms with Gasteiger partial charge < -0.3 is 5.73 Å². The fourth-order valence-corrected chi connectivity index (χ4v) is 3.07. The Hall–Kier alpha value is -0.0400. The first-order valence-corrected chi connectivity index (χ1v) is 5.43. The van der Waals surface area contributed by atoms with Gasteiger partial charge in [0.1, 0.15) is 0 Å². The first kappa shape index (κ1) is 8.55. The Kier molecular flexibility index (Phi) is 1.95. The molecule has 0 aliphatic heterocycles. The predicted octanol–water partition coefficient (Wildman–Crippen LogP) is 2.55. The summed E-state index contributed by atoms with van der Waals surface area (Å²) < 4.78 is 0. The molecule has 1 nitrogen and oxygen atoms in total. The van der Waals surface area contributed by atoms with E-state index in [1.165, 1.54) is 32.1 Å². The van der Waals surface area contributed by atoms with E-state index in [4.69, 9.17) is 5.73 Å². The lowest BCUT2D eigenvalue weighted by Gasteiger charge is -2.39. The van der Waals surface area contributed by atoms with Crippen molar-refractivity contribution in [2.24, 2.45) is 23.0 Å². The van der Waals surface area contributed by atoms with Gasteiger partial charge in [0.05, 0.1) is 0 Å². The predicted molar refractivity (Wildman–Crippen MR) is 51.8 cm³/mol. The zero-order valence-electron chi connectivity index (χ0n) is 8.34. The van der Waals surface area contributed by atoms with Crippen LogP contribution in [0.2, 0.25) is 0 Å². The summed E-state index contributed by atoms with van der Waals surface area (Å²) >= 11 is 0. The van der Waals surface area contributed by atoms with Crippen LogP contribution in [0, 0.1) is 17.3 Å². The molecule has 2 aliphatic rings. The molecule has 4 unspecified atom stereocenters. The standard InChI is InChI=1S/C11H21N/c1-3-11(8(2)12)5-4-9-6-10(9)7-11/h8-10H,3-7,12H2,1-2H3. The van der Waals surface area contributed by atoms with Gasteiger partial charge in [-0.25, -0.2) is 0 Å². The molecule has 12 heavy (non-hydrogen) atoms. The lowest BCUT2D eigenvalue weighted by atomic mass is 9.68. The summed E-state index contributed by atoms with van der Waals surface area (Å²) in [6.45, 7) is 4.51. The highest BCUT2D eigenvalue weighted by molar-refractivity contribution is 5.00. The molecular weight excluding hydrogens is 146 g/mol. The van der Waals surface area contributed by atoms with E-state index in [0.717, 1.165) is 11.8 Å². The van der Waals surface area contributed by atoms with Gasteiger partial charge in [-0.15, -0.1) is 0 Å². The highest BCUT2D eigenvalue weighted by Crippen LogP contribution is 2.57. The van der Waals surface area contributed by atoms with Gasteiger partial charge >= 0.3 is 0 Å². The molecule has 2 rings (SSSR count). The van der Waals surface area contributed by atoms with Crippen LogP contribution in [0.4, 0.5) is 0 Å². The van der Waals surface area contributed by atoms with Gasteiger partial charge in [-0.05, 0) is 56.3 Å². The summed E-state index contributed by atoms with van der Waals surface area (Å²) in [6.07, 6.45) is 7.07. The number of hydrogen-bond acceptors (Lipinski definition) is 1. The van der Waals surface area contributed by atoms with Crippen LogP contribution in [-0.4, -0.2) is 6.04 Å². The molecule has 0 aromatic rings. The maximum absolute atomic E-state index is 6.09. The van der Waals surface area contributed by atoms with Crippen molar-refractivity contribution < 1.29 is 0 Å². The van der Waals surface area contributed by atoms with Gasteiger partial charge in [-0.1, -0.05) is 6.92 Å². The largest absolute Gasteiger partial charge is 0.327 e. The van der Waals surface area contributed by atoms with Gasteiger partial charge in [0.25, 0.3) is 0 Å². The van der Waals surface area contributed by atoms with E-state index in [2.05, 4.69) is 13.8 Å². The average Bonchev–Trinajstić information content (AvgIpc) is 2.80. The van der Waals surface area contributed by atoms with Crippen molar-refractivity contribution in [3.05, 3.63) is 0 Å². The summed E-state index contributed by atoms with van der Waals surface area (Å²) in [5.41, 5.74) is 6.60. The van der Waals surface area contributed by atoms with Crippen LogP contribution < -0.4 is 5.73 Å². The fourth-order valence-electron chi connectivity index (χ4n) is 3.07. The van der Waals surface area contributed by atoms with Crippen LogP contribution in [0.1, 0.15) is 46.0 Å². The van der Waals surface area contributed by atoms with Crippen LogP contribution in [-0.2, 0) is 0 Å². The summed E-state index contributed by atoms with van der Waals surface area (Å²) in [4.78, 5) is 0. The van der Waals surface area contributed by atoms with Gasteiger partial charge in [-0.2, -0.15) is 0 Å². The van der Waals surface area contributed by atoms with Crippen molar-refractivity contribution in [3.63, 3.8) is 0 Å². The second kappa shape index (κ2) is 2.73. The molecule has 0 saturated heterocycles. The highest BCUT2D eigenvalue weighted by Gasteiger charge is 2.49. The molecule has 2 aliphatic carbocycles. The molecule has 2 N–H and O–H groups in total. The van der Waals surface area contributed by atoms with Crippen molar-refractivity contribution in [2.45, 2.75) is 52.0 Å². The number of fused-ring (bicyclic) bond motifs is 1. The highest BCUT2D eigenvalue weighted by atomic mass is 14.7. The third-order valence-corrected chi connectivity index (χ3v) is 4.42. The molecule has 2 saturated carbocycles. The van der Waals surface area contributed by atoms with E-state index in [9.17, 15) is 0 Å². The van der Waals surface area contributed by atoms with E-state index in [0.29, 0.717) is 11.5 Å². The zero-order chi connectivity index (χ0) is 8.77. The normalized spacial score (nSPS) is 48.2. The minimum Gasteiger partial charge on any atom is -0.327 e. The van der Waals surface area contributed by atoms with Crippen LogP contribution in [0.5, 0.6) is 0 Å². The number of nitrogens with two attached hydrogens (primary N) is 1. The molecule has 4 atom stereocenters. The Morgan fingerprint density at radius 3 is 2.75 bits per heavy atom. The lowest BCUT2D eigenvalue weighted by molar-refractivity contribution is 0.139. The zero-order valence-corrected chi connectivity index (χ0v) is 8.34. The van der Waals surface area contributed by atoms with Gasteiger partial charge in [0, 0.05) is 6.04 Å². The van der Waals surface area contributed by atoms with Crippen molar-refractivity contribution in [1.82, 2.24) is 0 Å². The maximum atomic E-state index is 6.09. The van der Waals surface area contributed by atoms with E-state index in [1.54, 1.807) is 0 Å². The molecule has 0 spiro atoms. The van der Waals surface area contributed by atoms with Crippen LogP contribution in [0.25, 0.3) is 0 Å². The van der Waals surface area contributed by atoms with Crippen LogP contribution in [0.15, 0.2) is 0 Å². The molecule has 0 aromatic heterocycles. The molecule has 0 amide bonds. The molecule has 0 bridgehead atoms. The monoisotopic (exact) mass is 167 g/mol. The third-order valence-electron chi connectivity index (χ3n) is 4.42. The Morgan fingerprint density at radius 2 is 2.25 bits per heavy atom. The summed E-state index contributed by atoms with van der Waals surface area (Å²) in [5.74, 6) is 2.16. The topological polar surface area (TPSA) is 26.0 Å². The minimum absolute atomic E-state index is 0.407. The summed E-state index contributed by atoms with van der Waals surface area (Å²) in [5, 5.41) is 0. The SMILES string of the molecule is CCC1(C(C)N)CCC2CC2C1. The van der Waals surface area contributed by atoms with E-state index >= 15 is 0 Å². The first-order valence-electron chi connectivity index (χ1n) is 5.43. The molecule has 0 radical (unpaired) electrons. The Labute approximate surface area is 75.7 Å². The molecule has 70 valence electrons. The number of hydrogen-bond donors (Lipinski definition) is 1. The second-order valence-electron chi connectivity index (χ2n) is 5.00. The quantitative estimate of drug-likeness (QED) is 0.672. The molecule has 0 heterocycles. The Balaban J connectivity index is 2.06. The lowest BCUT2D eigenvalue weighted by Crippen LogP contribution is -2.41. The van der Waals surface area contributed by atoms with Crippen molar-refractivity contribution in [3.8, 4) is 0 Å². The average molecular weight is 167 g/mol. The van der Waals surface area contributed by atoms with Crippen LogP contribution in [0.3, 0.4) is 0 Å². The fraction of sp³-hybridized carbons (Fsp3) is 1.00. The Morgan fingerprint density at radius 1 is 1.50 bits per heavy atom. The summed E-state index contributed by atoms with van der Waals surface area (Å²) in [6, 6.07) is 0.407. The van der Waals surface area contributed by atoms with E-state index < -0.39 is 0 Å². The molecular formula is C11H21N. The summed E-state index contributed by atoms with van der Waals surface area (Å²) in [7, 11) is 0. The maximum Gasteiger partial charge on any atom is 0.00670 e. The van der Waals surface area contributed by atoms with Crippen molar-refractivity contribution in [2.75, 3.05) is 0 Å². The molecule has 2 fully saturated rings. The van der Waals surface area contributed by atoms with E-state index in [-0.39, 0.29) is 0 Å². The molecule has 0 aromatic carbocycles. The van der Waals surface area contributed by atoms with Crippen LogP contribution >= 0.6 is 0 Å². The van der Waals surface area contributed by atoms with Gasteiger partial charge in [-0.3, -0.25) is 0 Å². The first-order chi connectivity index (χ1) is 5.68. The van der Waals surface area contributed by atoms with Gasteiger partial charge in [0.15, 0.2) is 0 Å². The smallest absolute Gasteiger partial charge is 0.00670 e. The van der Waals surface area contributed by atoms with Crippen molar-refractivity contribution >= 4 is 0 Å². The van der Waals surface area contributed by atoms with E-state index in [1.807, 2.05) is 0 Å². The third kappa shape index (κ3) is 1.19. The van der Waals surface area contributed by atoms with Gasteiger partial charge in [0.2, 0.25) is 0 Å². The second-order valence-corrected chi connectivity index (χ2v) is 5.00. The number of rotatable bonds is 2. The minimum atomic E-state index is 0.407. The Bertz CT molecular complexity index is 176. The van der Waals surface area contributed by atoms with Crippen molar-refractivity contribution in [1.29, 1.82) is 0 Å².